The topological polar surface area (TPSA) is 90.0 Å². The van der Waals surface area contributed by atoms with Crippen LogP contribution in [0.4, 0.5) is 11.4 Å². The van der Waals surface area contributed by atoms with Gasteiger partial charge in [0.05, 0.1) is 22.8 Å². The molecule has 6 nitrogen and oxygen atoms in total. The second-order valence-electron chi connectivity index (χ2n) is 5.20. The molecule has 0 atom stereocenters. The monoisotopic (exact) mass is 308 g/mol. The van der Waals surface area contributed by atoms with E-state index in [1.54, 1.807) is 31.6 Å². The molecule has 0 aliphatic rings. The largest absolute Gasteiger partial charge is 0.397 e. The van der Waals surface area contributed by atoms with Crippen molar-refractivity contribution < 1.29 is 8.42 Å². The van der Waals surface area contributed by atoms with Crippen molar-refractivity contribution in [3.63, 3.8) is 0 Å². The normalized spacial score (nSPS) is 11.7. The van der Waals surface area contributed by atoms with Gasteiger partial charge in [0.15, 0.2) is 0 Å². The Morgan fingerprint density at radius 1 is 1.19 bits per heavy atom. The van der Waals surface area contributed by atoms with Crippen LogP contribution in [0.5, 0.6) is 0 Å². The van der Waals surface area contributed by atoms with Crippen LogP contribution in [0.15, 0.2) is 17.0 Å². The summed E-state index contributed by atoms with van der Waals surface area (Å²) in [5, 5.41) is 4.15. The standard InChI is InChI=1S/C14H20N4O2S/c1-8-6-7-12(15)13(9(8)2)17-21(19,20)14-10(3)16-18(5)11(14)4/h6-7,17H,15H2,1-5H3. The summed E-state index contributed by atoms with van der Waals surface area (Å²) in [5.74, 6) is 0. The fraction of sp³-hybridized carbons (Fsp3) is 0.357. The Balaban J connectivity index is 2.55. The first-order valence-electron chi connectivity index (χ1n) is 6.54. The molecule has 0 aliphatic heterocycles. The molecule has 0 radical (unpaired) electrons. The van der Waals surface area contributed by atoms with Crippen LogP contribution in [-0.2, 0) is 17.1 Å². The minimum absolute atomic E-state index is 0.199. The van der Waals surface area contributed by atoms with Crippen LogP contribution in [0.1, 0.15) is 22.5 Å². The molecule has 3 N–H and O–H groups in total. The molecule has 0 fully saturated rings. The van der Waals surface area contributed by atoms with Gasteiger partial charge in [-0.3, -0.25) is 9.40 Å². The molecule has 1 aromatic heterocycles. The first kappa shape index (κ1) is 15.4. The van der Waals surface area contributed by atoms with Gasteiger partial charge in [-0.15, -0.1) is 0 Å². The molecule has 0 bridgehead atoms. The van der Waals surface area contributed by atoms with Crippen LogP contribution in [0, 0.1) is 27.7 Å². The number of nitrogens with zero attached hydrogens (tertiary/aromatic N) is 2. The van der Waals surface area contributed by atoms with Crippen LogP contribution in [-0.4, -0.2) is 18.2 Å². The highest BCUT2D eigenvalue weighted by atomic mass is 32.2. The number of anilines is 2. The highest BCUT2D eigenvalue weighted by Gasteiger charge is 2.25. The minimum atomic E-state index is -3.73. The maximum atomic E-state index is 12.7. The Hall–Kier alpha value is -2.02. The second kappa shape index (κ2) is 5.07. The Morgan fingerprint density at radius 3 is 2.33 bits per heavy atom. The third-order valence-electron chi connectivity index (χ3n) is 3.72. The SMILES string of the molecule is Cc1ccc(N)c(NS(=O)(=O)c2c(C)nn(C)c2C)c1C. The van der Waals surface area contributed by atoms with E-state index in [4.69, 9.17) is 5.73 Å². The second-order valence-corrected chi connectivity index (χ2v) is 6.82. The van der Waals surface area contributed by atoms with E-state index < -0.39 is 10.0 Å². The van der Waals surface area contributed by atoms with Crippen molar-refractivity contribution in [1.29, 1.82) is 0 Å². The third-order valence-corrected chi connectivity index (χ3v) is 5.32. The van der Waals surface area contributed by atoms with Gasteiger partial charge in [-0.05, 0) is 44.9 Å². The summed E-state index contributed by atoms with van der Waals surface area (Å²) in [6, 6.07) is 3.56. The van der Waals surface area contributed by atoms with Crippen molar-refractivity contribution in [3.05, 3.63) is 34.6 Å². The van der Waals surface area contributed by atoms with Crippen molar-refractivity contribution in [2.45, 2.75) is 32.6 Å². The molecule has 0 aliphatic carbocycles. The van der Waals surface area contributed by atoms with E-state index in [-0.39, 0.29) is 4.90 Å². The number of nitrogen functional groups attached to an aromatic ring is 1. The molecule has 21 heavy (non-hydrogen) atoms. The fourth-order valence-corrected chi connectivity index (χ4v) is 3.89. The number of nitrogens with two attached hydrogens (primary N) is 1. The number of nitrogens with one attached hydrogen (secondary N) is 1. The summed E-state index contributed by atoms with van der Waals surface area (Å²) in [6.07, 6.45) is 0. The zero-order valence-electron chi connectivity index (χ0n) is 12.9. The predicted octanol–water partition coefficient (Wildman–Crippen LogP) is 2.04. The number of hydrogen-bond donors (Lipinski definition) is 2. The van der Waals surface area contributed by atoms with Crippen molar-refractivity contribution in [1.82, 2.24) is 9.78 Å². The molecule has 0 saturated carbocycles. The van der Waals surface area contributed by atoms with Crippen molar-refractivity contribution in [2.75, 3.05) is 10.5 Å². The van der Waals surface area contributed by atoms with E-state index in [2.05, 4.69) is 9.82 Å². The van der Waals surface area contributed by atoms with Crippen LogP contribution >= 0.6 is 0 Å². The highest BCUT2D eigenvalue weighted by molar-refractivity contribution is 7.92. The quantitative estimate of drug-likeness (QED) is 0.849. The molecular weight excluding hydrogens is 288 g/mol. The van der Waals surface area contributed by atoms with E-state index in [1.165, 1.54) is 0 Å². The van der Waals surface area contributed by atoms with Crippen LogP contribution in [0.3, 0.4) is 0 Å². The molecule has 0 unspecified atom stereocenters. The lowest BCUT2D eigenvalue weighted by atomic mass is 10.1. The van der Waals surface area contributed by atoms with Crippen LogP contribution < -0.4 is 10.5 Å². The molecule has 2 aromatic rings. The lowest BCUT2D eigenvalue weighted by molar-refractivity contribution is 0.599. The molecule has 0 spiro atoms. The smallest absolute Gasteiger partial charge is 0.265 e. The lowest BCUT2D eigenvalue weighted by Crippen LogP contribution is -2.17. The van der Waals surface area contributed by atoms with Crippen molar-refractivity contribution >= 4 is 21.4 Å². The van der Waals surface area contributed by atoms with E-state index >= 15 is 0 Å². The lowest BCUT2D eigenvalue weighted by Gasteiger charge is -2.15. The molecule has 1 aromatic carbocycles. The molecule has 0 saturated heterocycles. The molecule has 114 valence electrons. The van der Waals surface area contributed by atoms with Gasteiger partial charge in [-0.2, -0.15) is 5.10 Å². The van der Waals surface area contributed by atoms with Crippen molar-refractivity contribution in [2.24, 2.45) is 7.05 Å². The Labute approximate surface area is 125 Å². The van der Waals surface area contributed by atoms with Gasteiger partial charge >= 0.3 is 0 Å². The number of benzene rings is 1. The summed E-state index contributed by atoms with van der Waals surface area (Å²) in [4.78, 5) is 0.199. The Kier molecular flexibility index (Phi) is 3.71. The zero-order chi connectivity index (χ0) is 15.9. The van der Waals surface area contributed by atoms with Crippen LogP contribution in [0.2, 0.25) is 0 Å². The summed E-state index contributed by atoms with van der Waals surface area (Å²) in [7, 11) is -2.01. The summed E-state index contributed by atoms with van der Waals surface area (Å²) < 4.78 is 29.5. The summed E-state index contributed by atoms with van der Waals surface area (Å²) >= 11 is 0. The maximum absolute atomic E-state index is 12.7. The first-order valence-corrected chi connectivity index (χ1v) is 8.02. The van der Waals surface area contributed by atoms with Gasteiger partial charge in [-0.1, -0.05) is 6.07 Å². The van der Waals surface area contributed by atoms with Gasteiger partial charge in [0.25, 0.3) is 10.0 Å². The number of hydrogen-bond acceptors (Lipinski definition) is 4. The highest BCUT2D eigenvalue weighted by Crippen LogP contribution is 2.29. The maximum Gasteiger partial charge on any atom is 0.265 e. The molecule has 0 amide bonds. The number of aromatic nitrogens is 2. The average Bonchev–Trinajstić information content (AvgIpc) is 2.64. The molecule has 2 rings (SSSR count). The summed E-state index contributed by atoms with van der Waals surface area (Å²) in [5.41, 5.74) is 9.58. The Morgan fingerprint density at radius 2 is 1.81 bits per heavy atom. The number of rotatable bonds is 3. The van der Waals surface area contributed by atoms with E-state index in [1.807, 2.05) is 19.9 Å². The number of sulfonamides is 1. The minimum Gasteiger partial charge on any atom is -0.397 e. The molecule has 1 heterocycles. The third kappa shape index (κ3) is 2.61. The van der Waals surface area contributed by atoms with Gasteiger partial charge in [0.2, 0.25) is 0 Å². The average molecular weight is 308 g/mol. The summed E-state index contributed by atoms with van der Waals surface area (Å²) in [6.45, 7) is 7.15. The van der Waals surface area contributed by atoms with Gasteiger partial charge in [-0.25, -0.2) is 8.42 Å². The molecular formula is C14H20N4O2S. The van der Waals surface area contributed by atoms with Gasteiger partial charge in [0, 0.05) is 7.05 Å². The van der Waals surface area contributed by atoms with Crippen molar-refractivity contribution in [3.8, 4) is 0 Å². The van der Waals surface area contributed by atoms with Gasteiger partial charge in [0.1, 0.15) is 4.90 Å². The first-order chi connectivity index (χ1) is 9.65. The number of aryl methyl sites for hydroxylation is 3. The fourth-order valence-electron chi connectivity index (χ4n) is 2.30. The van der Waals surface area contributed by atoms with Crippen LogP contribution in [0.25, 0.3) is 0 Å². The van der Waals surface area contributed by atoms with E-state index in [9.17, 15) is 8.42 Å². The predicted molar refractivity (Wildman–Crippen MR) is 83.8 cm³/mol. The van der Waals surface area contributed by atoms with E-state index in [0.717, 1.165) is 11.1 Å². The van der Waals surface area contributed by atoms with Gasteiger partial charge < -0.3 is 5.73 Å². The molecule has 7 heteroatoms. The zero-order valence-corrected chi connectivity index (χ0v) is 13.7. The Bertz CT molecular complexity index is 807. The van der Waals surface area contributed by atoms with E-state index in [0.29, 0.717) is 22.8 Å².